The predicted molar refractivity (Wildman–Crippen MR) is 105 cm³/mol. The molecule has 0 atom stereocenters. The van der Waals surface area contributed by atoms with E-state index in [0.29, 0.717) is 23.1 Å². The van der Waals surface area contributed by atoms with Crippen molar-refractivity contribution in [3.63, 3.8) is 0 Å². The molecule has 2 rings (SSSR count). The third-order valence-corrected chi connectivity index (χ3v) is 4.34. The van der Waals surface area contributed by atoms with E-state index >= 15 is 0 Å². The van der Waals surface area contributed by atoms with E-state index in [1.165, 1.54) is 11.1 Å². The summed E-state index contributed by atoms with van der Waals surface area (Å²) in [6, 6.07) is 11.5. The molecule has 1 N–H and O–H groups in total. The summed E-state index contributed by atoms with van der Waals surface area (Å²) in [6.07, 6.45) is 4.72. The van der Waals surface area contributed by atoms with Gasteiger partial charge >= 0.3 is 5.97 Å². The largest absolute Gasteiger partial charge is 0.507 e. The lowest BCUT2D eigenvalue weighted by Crippen LogP contribution is -2.21. The van der Waals surface area contributed by atoms with Crippen LogP contribution in [0, 0.1) is 0 Å². The van der Waals surface area contributed by atoms with Crippen LogP contribution in [0.3, 0.4) is 0 Å². The molecular weight excluding hydrogens is 342 g/mol. The van der Waals surface area contributed by atoms with E-state index in [9.17, 15) is 14.7 Å². The SMILES string of the molecule is CCCCCCc1c(C(=O)ON(C)C)cccc1C(=O)c1ccccc1O. The Morgan fingerprint density at radius 3 is 2.26 bits per heavy atom. The molecule has 0 aliphatic heterocycles. The highest BCUT2D eigenvalue weighted by molar-refractivity contribution is 6.12. The van der Waals surface area contributed by atoms with Gasteiger partial charge in [-0.25, -0.2) is 4.79 Å². The quantitative estimate of drug-likeness (QED) is 0.404. The van der Waals surface area contributed by atoms with Crippen molar-refractivity contribution in [2.75, 3.05) is 14.1 Å². The lowest BCUT2D eigenvalue weighted by molar-refractivity contribution is -0.0714. The van der Waals surface area contributed by atoms with Gasteiger partial charge in [0.15, 0.2) is 5.78 Å². The van der Waals surface area contributed by atoms with Crippen molar-refractivity contribution in [1.29, 1.82) is 0 Å². The zero-order valence-electron chi connectivity index (χ0n) is 16.2. The maximum absolute atomic E-state index is 13.1. The Morgan fingerprint density at radius 2 is 1.59 bits per heavy atom. The fourth-order valence-corrected chi connectivity index (χ4v) is 3.01. The first kappa shape index (κ1) is 20.6. The van der Waals surface area contributed by atoms with Crippen LogP contribution >= 0.6 is 0 Å². The average Bonchev–Trinajstić information content (AvgIpc) is 2.64. The summed E-state index contributed by atoms with van der Waals surface area (Å²) in [7, 11) is 3.27. The second-order valence-corrected chi connectivity index (χ2v) is 6.68. The number of benzene rings is 2. The maximum atomic E-state index is 13.1. The van der Waals surface area contributed by atoms with Crippen molar-refractivity contribution in [3.05, 3.63) is 64.7 Å². The molecule has 0 unspecified atom stereocenters. The number of carbonyl (C=O) groups is 2. The topological polar surface area (TPSA) is 66.8 Å². The summed E-state index contributed by atoms with van der Waals surface area (Å²) >= 11 is 0. The van der Waals surface area contributed by atoms with E-state index < -0.39 is 5.97 Å². The number of para-hydroxylation sites is 1. The van der Waals surface area contributed by atoms with Crippen LogP contribution in [0.2, 0.25) is 0 Å². The van der Waals surface area contributed by atoms with E-state index in [2.05, 4.69) is 6.92 Å². The van der Waals surface area contributed by atoms with E-state index in [1.807, 2.05) is 0 Å². The zero-order valence-corrected chi connectivity index (χ0v) is 16.2. The normalized spacial score (nSPS) is 10.8. The number of hydrogen-bond acceptors (Lipinski definition) is 5. The van der Waals surface area contributed by atoms with E-state index in [1.54, 1.807) is 50.5 Å². The first-order valence-corrected chi connectivity index (χ1v) is 9.30. The molecule has 0 fully saturated rings. The number of phenols is 1. The molecule has 27 heavy (non-hydrogen) atoms. The predicted octanol–water partition coefficient (Wildman–Crippen LogP) is 4.38. The summed E-state index contributed by atoms with van der Waals surface area (Å²) in [4.78, 5) is 30.8. The van der Waals surface area contributed by atoms with Gasteiger partial charge in [-0.15, -0.1) is 5.06 Å². The Morgan fingerprint density at radius 1 is 0.926 bits per heavy atom. The van der Waals surface area contributed by atoms with Crippen LogP contribution in [0.1, 0.15) is 64.4 Å². The molecule has 5 heteroatoms. The van der Waals surface area contributed by atoms with Crippen molar-refractivity contribution in [3.8, 4) is 5.75 Å². The molecule has 0 radical (unpaired) electrons. The van der Waals surface area contributed by atoms with Crippen LogP contribution < -0.4 is 0 Å². The Labute approximate surface area is 160 Å². The molecule has 0 heterocycles. The van der Waals surface area contributed by atoms with Crippen molar-refractivity contribution in [1.82, 2.24) is 5.06 Å². The summed E-state index contributed by atoms with van der Waals surface area (Å²) in [6.45, 7) is 2.13. The monoisotopic (exact) mass is 369 g/mol. The molecule has 5 nitrogen and oxygen atoms in total. The summed E-state index contributed by atoms with van der Waals surface area (Å²) in [5.41, 5.74) is 1.72. The van der Waals surface area contributed by atoms with Gasteiger partial charge in [0.25, 0.3) is 0 Å². The number of rotatable bonds is 9. The van der Waals surface area contributed by atoms with Crippen LogP contribution in [0.15, 0.2) is 42.5 Å². The van der Waals surface area contributed by atoms with Crippen LogP contribution in [0.4, 0.5) is 0 Å². The van der Waals surface area contributed by atoms with E-state index in [-0.39, 0.29) is 17.1 Å². The first-order chi connectivity index (χ1) is 13.0. The molecule has 0 amide bonds. The Bertz CT molecular complexity index is 799. The van der Waals surface area contributed by atoms with E-state index in [0.717, 1.165) is 25.7 Å². The highest BCUT2D eigenvalue weighted by Crippen LogP contribution is 2.26. The third-order valence-electron chi connectivity index (χ3n) is 4.34. The van der Waals surface area contributed by atoms with Crippen molar-refractivity contribution in [2.24, 2.45) is 0 Å². The summed E-state index contributed by atoms with van der Waals surface area (Å²) in [5, 5.41) is 11.4. The molecule has 0 saturated carbocycles. The molecule has 0 aliphatic carbocycles. The summed E-state index contributed by atoms with van der Waals surface area (Å²) in [5.74, 6) is -0.851. The molecule has 0 bridgehead atoms. The molecule has 0 saturated heterocycles. The van der Waals surface area contributed by atoms with Gasteiger partial charge in [-0.1, -0.05) is 50.5 Å². The van der Waals surface area contributed by atoms with Crippen LogP contribution in [-0.2, 0) is 11.3 Å². The smallest absolute Gasteiger partial charge is 0.357 e. The molecular formula is C22H27NO4. The zero-order chi connectivity index (χ0) is 19.8. The van der Waals surface area contributed by atoms with Gasteiger partial charge < -0.3 is 9.94 Å². The lowest BCUT2D eigenvalue weighted by Gasteiger charge is -2.16. The standard InChI is InChI=1S/C22H27NO4/c1-4-5-6-7-11-16-17(21(25)19-12-8-9-15-20(19)24)13-10-14-18(16)22(26)27-23(2)3/h8-10,12-15,24H,4-7,11H2,1-3H3. The Balaban J connectivity index is 2.44. The molecule has 0 spiro atoms. The minimum Gasteiger partial charge on any atom is -0.507 e. The van der Waals surface area contributed by atoms with Gasteiger partial charge in [0, 0.05) is 19.7 Å². The van der Waals surface area contributed by atoms with Gasteiger partial charge in [-0.3, -0.25) is 4.79 Å². The van der Waals surface area contributed by atoms with Gasteiger partial charge in [-0.2, -0.15) is 0 Å². The van der Waals surface area contributed by atoms with Gasteiger partial charge in [-0.05, 0) is 36.6 Å². The van der Waals surface area contributed by atoms with Gasteiger partial charge in [0.2, 0.25) is 0 Å². The van der Waals surface area contributed by atoms with Crippen molar-refractivity contribution < 1.29 is 19.5 Å². The number of aromatic hydroxyl groups is 1. The minimum absolute atomic E-state index is 0.0688. The van der Waals surface area contributed by atoms with Crippen LogP contribution in [-0.4, -0.2) is 36.0 Å². The fourth-order valence-electron chi connectivity index (χ4n) is 3.01. The molecule has 144 valence electrons. The fraction of sp³-hybridized carbons (Fsp3) is 0.364. The first-order valence-electron chi connectivity index (χ1n) is 9.30. The number of ketones is 1. The second-order valence-electron chi connectivity index (χ2n) is 6.68. The van der Waals surface area contributed by atoms with Crippen LogP contribution in [0.25, 0.3) is 0 Å². The number of unbranched alkanes of at least 4 members (excludes halogenated alkanes) is 3. The maximum Gasteiger partial charge on any atom is 0.357 e. The highest BCUT2D eigenvalue weighted by atomic mass is 16.7. The summed E-state index contributed by atoms with van der Waals surface area (Å²) < 4.78 is 0. The highest BCUT2D eigenvalue weighted by Gasteiger charge is 2.22. The Hall–Kier alpha value is -2.66. The lowest BCUT2D eigenvalue weighted by atomic mass is 9.91. The Kier molecular flexibility index (Phi) is 7.55. The third kappa shape index (κ3) is 5.41. The molecule has 0 aromatic heterocycles. The molecule has 2 aromatic carbocycles. The van der Waals surface area contributed by atoms with Crippen molar-refractivity contribution in [2.45, 2.75) is 39.0 Å². The van der Waals surface area contributed by atoms with E-state index in [4.69, 9.17) is 4.84 Å². The second kappa shape index (κ2) is 9.88. The molecule has 0 aliphatic rings. The number of hydroxylamine groups is 2. The number of nitrogens with zero attached hydrogens (tertiary/aromatic N) is 1. The number of carbonyl (C=O) groups excluding carboxylic acids is 2. The molecule has 2 aromatic rings. The van der Waals surface area contributed by atoms with Gasteiger partial charge in [0.1, 0.15) is 5.75 Å². The number of phenolic OH excluding ortho intramolecular Hbond substituents is 1. The van der Waals surface area contributed by atoms with Crippen LogP contribution in [0.5, 0.6) is 5.75 Å². The van der Waals surface area contributed by atoms with Gasteiger partial charge in [0.05, 0.1) is 11.1 Å². The average molecular weight is 369 g/mol. The van der Waals surface area contributed by atoms with Crippen molar-refractivity contribution >= 4 is 11.8 Å². The number of hydrogen-bond donors (Lipinski definition) is 1. The minimum atomic E-state index is -0.488.